The fourth-order valence-electron chi connectivity index (χ4n) is 3.62. The summed E-state index contributed by atoms with van der Waals surface area (Å²) in [5, 5.41) is 7.61. The van der Waals surface area contributed by atoms with Crippen LogP contribution >= 0.6 is 24.2 Å². The zero-order valence-electron chi connectivity index (χ0n) is 15.5. The van der Waals surface area contributed by atoms with Crippen LogP contribution in [0.15, 0.2) is 23.6 Å². The Morgan fingerprint density at radius 2 is 2.30 bits per heavy atom. The molecule has 1 fully saturated rings. The molecule has 4 rings (SSSR count). The zero-order chi connectivity index (χ0) is 18.1. The molecule has 0 radical (unpaired) electrons. The smallest absolute Gasteiger partial charge is 0.259 e. The second kappa shape index (κ2) is 8.50. The minimum absolute atomic E-state index is 0. The average molecular weight is 409 g/mol. The first-order valence-electron chi connectivity index (χ1n) is 9.07. The highest BCUT2D eigenvalue weighted by Gasteiger charge is 2.26. The summed E-state index contributed by atoms with van der Waals surface area (Å²) in [4.78, 5) is 27.5. The van der Waals surface area contributed by atoms with Crippen molar-refractivity contribution in [2.45, 2.75) is 38.8 Å². The number of carbonyl (C=O) groups excluding carboxylic acids is 1. The largest absolute Gasteiger partial charge is 0.348 e. The number of fused-ring (bicyclic) bond motifs is 1. The molecule has 7 nitrogen and oxygen atoms in total. The van der Waals surface area contributed by atoms with Gasteiger partial charge in [-0.3, -0.25) is 4.79 Å². The summed E-state index contributed by atoms with van der Waals surface area (Å²) in [6.07, 6.45) is 7.72. The predicted octanol–water partition coefficient (Wildman–Crippen LogP) is 2.34. The second-order valence-electron chi connectivity index (χ2n) is 6.89. The van der Waals surface area contributed by atoms with E-state index in [1.54, 1.807) is 18.1 Å². The SMILES string of the molecule is Cc1c[nH]c2ncnc(N3C=C(C(=O)NC(C)[C@@H]4CCCN4)SCC3)c12.Cl. The van der Waals surface area contributed by atoms with E-state index in [0.29, 0.717) is 6.04 Å². The van der Waals surface area contributed by atoms with Crippen LogP contribution in [0.1, 0.15) is 25.3 Å². The van der Waals surface area contributed by atoms with E-state index in [-0.39, 0.29) is 24.4 Å². The van der Waals surface area contributed by atoms with Crippen molar-refractivity contribution in [3.8, 4) is 0 Å². The Hall–Kier alpha value is -1.77. The van der Waals surface area contributed by atoms with E-state index >= 15 is 0 Å². The molecule has 0 aliphatic carbocycles. The lowest BCUT2D eigenvalue weighted by Gasteiger charge is -2.27. The van der Waals surface area contributed by atoms with Gasteiger partial charge in [0.05, 0.1) is 10.3 Å². The Morgan fingerprint density at radius 3 is 3.07 bits per heavy atom. The van der Waals surface area contributed by atoms with Gasteiger partial charge in [0.15, 0.2) is 0 Å². The topological polar surface area (TPSA) is 85.9 Å². The van der Waals surface area contributed by atoms with E-state index in [1.165, 1.54) is 6.42 Å². The molecule has 146 valence electrons. The monoisotopic (exact) mass is 408 g/mol. The fraction of sp³-hybridized carbons (Fsp3) is 0.500. The number of H-pyrrole nitrogens is 1. The van der Waals surface area contributed by atoms with Crippen LogP contribution in [-0.2, 0) is 4.79 Å². The summed E-state index contributed by atoms with van der Waals surface area (Å²) in [5.41, 5.74) is 1.93. The quantitative estimate of drug-likeness (QED) is 0.719. The first-order valence-corrected chi connectivity index (χ1v) is 10.1. The lowest BCUT2D eigenvalue weighted by Crippen LogP contribution is -2.46. The molecule has 2 aromatic heterocycles. The van der Waals surface area contributed by atoms with Crippen LogP contribution in [0.5, 0.6) is 0 Å². The lowest BCUT2D eigenvalue weighted by molar-refractivity contribution is -0.117. The molecule has 2 aliphatic rings. The summed E-state index contributed by atoms with van der Waals surface area (Å²) in [5.74, 6) is 1.70. The van der Waals surface area contributed by atoms with Crippen LogP contribution in [-0.4, -0.2) is 51.8 Å². The molecule has 1 saturated heterocycles. The molecule has 0 spiro atoms. The molecule has 1 unspecified atom stereocenters. The molecule has 0 aromatic carbocycles. The van der Waals surface area contributed by atoms with Gasteiger partial charge in [0.2, 0.25) is 0 Å². The number of aromatic amines is 1. The molecule has 2 aliphatic heterocycles. The predicted molar refractivity (Wildman–Crippen MR) is 112 cm³/mol. The summed E-state index contributed by atoms with van der Waals surface area (Å²) in [6.45, 7) is 5.97. The van der Waals surface area contributed by atoms with E-state index in [2.05, 4.69) is 37.4 Å². The van der Waals surface area contributed by atoms with E-state index < -0.39 is 0 Å². The van der Waals surface area contributed by atoms with E-state index in [9.17, 15) is 4.79 Å². The highest BCUT2D eigenvalue weighted by molar-refractivity contribution is 8.04. The van der Waals surface area contributed by atoms with E-state index in [4.69, 9.17) is 0 Å². The summed E-state index contributed by atoms with van der Waals surface area (Å²) in [6, 6.07) is 0.493. The molecule has 27 heavy (non-hydrogen) atoms. The molecule has 9 heteroatoms. The highest BCUT2D eigenvalue weighted by Crippen LogP contribution is 2.30. The number of hydrogen-bond acceptors (Lipinski definition) is 6. The molecule has 0 saturated carbocycles. The molecule has 4 heterocycles. The van der Waals surface area contributed by atoms with Crippen LogP contribution in [0.3, 0.4) is 0 Å². The Morgan fingerprint density at radius 1 is 1.44 bits per heavy atom. The molecule has 0 bridgehead atoms. The minimum Gasteiger partial charge on any atom is -0.348 e. The van der Waals surface area contributed by atoms with Crippen molar-refractivity contribution >= 4 is 46.9 Å². The maximum atomic E-state index is 12.7. The first-order chi connectivity index (χ1) is 12.6. The maximum absolute atomic E-state index is 12.7. The van der Waals surface area contributed by atoms with Gasteiger partial charge in [-0.2, -0.15) is 0 Å². The average Bonchev–Trinajstić information content (AvgIpc) is 3.32. The number of carbonyl (C=O) groups is 1. The number of nitrogens with one attached hydrogen (secondary N) is 3. The van der Waals surface area contributed by atoms with Gasteiger partial charge in [0.25, 0.3) is 5.91 Å². The van der Waals surface area contributed by atoms with Crippen molar-refractivity contribution in [3.05, 3.63) is 29.2 Å². The number of aromatic nitrogens is 3. The van der Waals surface area contributed by atoms with E-state index in [1.807, 2.05) is 19.3 Å². The number of anilines is 1. The Bertz CT molecular complexity index is 847. The fourth-order valence-corrected chi connectivity index (χ4v) is 4.52. The number of rotatable bonds is 4. The van der Waals surface area contributed by atoms with Crippen molar-refractivity contribution in [2.75, 3.05) is 23.7 Å². The van der Waals surface area contributed by atoms with Crippen LogP contribution in [0.4, 0.5) is 5.82 Å². The van der Waals surface area contributed by atoms with Gasteiger partial charge < -0.3 is 20.5 Å². The van der Waals surface area contributed by atoms with Crippen molar-refractivity contribution in [2.24, 2.45) is 0 Å². The van der Waals surface area contributed by atoms with Crippen molar-refractivity contribution in [3.63, 3.8) is 0 Å². The molecule has 3 N–H and O–H groups in total. The van der Waals surface area contributed by atoms with Crippen LogP contribution in [0.2, 0.25) is 0 Å². The van der Waals surface area contributed by atoms with Crippen molar-refractivity contribution in [1.29, 1.82) is 0 Å². The summed E-state index contributed by atoms with van der Waals surface area (Å²) >= 11 is 1.60. The number of nitrogens with zero attached hydrogens (tertiary/aromatic N) is 3. The molecular formula is C18H25ClN6OS. The molecule has 2 aromatic rings. The summed E-state index contributed by atoms with van der Waals surface area (Å²) < 4.78 is 0. The zero-order valence-corrected chi connectivity index (χ0v) is 17.1. The summed E-state index contributed by atoms with van der Waals surface area (Å²) in [7, 11) is 0. The third-order valence-electron chi connectivity index (χ3n) is 5.07. The number of amides is 1. The number of thioether (sulfide) groups is 1. The normalized spacial score (nSPS) is 20.9. The van der Waals surface area contributed by atoms with Gasteiger partial charge in [-0.15, -0.1) is 24.2 Å². The van der Waals surface area contributed by atoms with Gasteiger partial charge >= 0.3 is 0 Å². The van der Waals surface area contributed by atoms with Gasteiger partial charge in [0, 0.05) is 36.8 Å². The minimum atomic E-state index is -0.00279. The molecule has 2 atom stereocenters. The maximum Gasteiger partial charge on any atom is 0.259 e. The Kier molecular flexibility index (Phi) is 6.29. The molecular weight excluding hydrogens is 384 g/mol. The Labute approximate surface area is 169 Å². The molecule has 1 amide bonds. The van der Waals surface area contributed by atoms with Gasteiger partial charge in [0.1, 0.15) is 17.8 Å². The van der Waals surface area contributed by atoms with Crippen LogP contribution in [0, 0.1) is 6.92 Å². The Balaban J connectivity index is 0.00000210. The third kappa shape index (κ3) is 4.07. The highest BCUT2D eigenvalue weighted by atomic mass is 35.5. The number of halogens is 1. The number of hydrogen-bond donors (Lipinski definition) is 3. The van der Waals surface area contributed by atoms with Crippen LogP contribution in [0.25, 0.3) is 11.0 Å². The van der Waals surface area contributed by atoms with Gasteiger partial charge in [-0.25, -0.2) is 9.97 Å². The lowest BCUT2D eigenvalue weighted by atomic mass is 10.1. The van der Waals surface area contributed by atoms with Crippen molar-refractivity contribution in [1.82, 2.24) is 25.6 Å². The van der Waals surface area contributed by atoms with Crippen LogP contribution < -0.4 is 15.5 Å². The van der Waals surface area contributed by atoms with Gasteiger partial charge in [-0.1, -0.05) is 0 Å². The standard InChI is InChI=1S/C18H24N6OS.ClH/c1-11-8-20-16-15(11)17(22-10-21-16)24-6-7-26-14(9-24)18(25)23-12(2)13-4-3-5-19-13;/h8-10,12-13,19H,3-7H2,1-2H3,(H,23,25)(H,20,21,22);1H/t12?,13-;/m0./s1. The first kappa shape index (κ1) is 20.0. The third-order valence-corrected chi connectivity index (χ3v) is 6.05. The second-order valence-corrected chi connectivity index (χ2v) is 8.03. The van der Waals surface area contributed by atoms with E-state index in [0.717, 1.165) is 52.6 Å². The van der Waals surface area contributed by atoms with Gasteiger partial charge in [-0.05, 0) is 38.8 Å². The van der Waals surface area contributed by atoms with Crippen molar-refractivity contribution < 1.29 is 4.79 Å². The number of aryl methyl sites for hydroxylation is 1.